The van der Waals surface area contributed by atoms with Gasteiger partial charge in [-0.2, -0.15) is 0 Å². The van der Waals surface area contributed by atoms with Crippen molar-refractivity contribution in [2.75, 3.05) is 39.4 Å². The molecule has 1 aliphatic heterocycles. The molecule has 1 aliphatic rings. The van der Waals surface area contributed by atoms with E-state index < -0.39 is 54.7 Å². The maximum atomic E-state index is 13.2. The molecule has 0 aromatic heterocycles. The number of hydrogen-bond acceptors (Lipinski definition) is 9. The van der Waals surface area contributed by atoms with Crippen LogP contribution in [0.5, 0.6) is 0 Å². The minimum absolute atomic E-state index is 0.0704. The van der Waals surface area contributed by atoms with Crippen LogP contribution in [0.1, 0.15) is 31.9 Å². The highest BCUT2D eigenvalue weighted by atomic mass is 16.6. The van der Waals surface area contributed by atoms with Crippen LogP contribution in [0, 0.1) is 0 Å². The minimum Gasteiger partial charge on any atom is -0.444 e. The number of piperazine rings is 1. The molecular weight excluding hydrogens is 532 g/mol. The Morgan fingerprint density at radius 2 is 1.37 bits per heavy atom. The molecular formula is C30H42N2O9. The Morgan fingerprint density at radius 1 is 0.854 bits per heavy atom. The van der Waals surface area contributed by atoms with Gasteiger partial charge in [0.05, 0.1) is 26.4 Å². The van der Waals surface area contributed by atoms with Gasteiger partial charge in [-0.1, -0.05) is 60.7 Å². The van der Waals surface area contributed by atoms with E-state index in [1.165, 1.54) is 9.80 Å². The zero-order valence-electron chi connectivity index (χ0n) is 23.9. The summed E-state index contributed by atoms with van der Waals surface area (Å²) in [6.45, 7) is 4.63. The molecule has 0 saturated carbocycles. The number of amides is 2. The van der Waals surface area contributed by atoms with E-state index in [2.05, 4.69) is 0 Å². The summed E-state index contributed by atoms with van der Waals surface area (Å²) in [5.41, 5.74) is -1.27. The van der Waals surface area contributed by atoms with Crippen LogP contribution in [-0.4, -0.2) is 111 Å². The van der Waals surface area contributed by atoms with Crippen molar-refractivity contribution in [3.8, 4) is 0 Å². The molecule has 0 spiro atoms. The number of ether oxygens (including phenoxy) is 3. The quantitative estimate of drug-likeness (QED) is 0.294. The van der Waals surface area contributed by atoms with Gasteiger partial charge >= 0.3 is 6.09 Å². The highest BCUT2D eigenvalue weighted by Gasteiger charge is 2.47. The first-order valence-corrected chi connectivity index (χ1v) is 13.7. The summed E-state index contributed by atoms with van der Waals surface area (Å²) in [5, 5.41) is 43.7. The Morgan fingerprint density at radius 3 is 1.88 bits per heavy atom. The zero-order valence-corrected chi connectivity index (χ0v) is 23.9. The van der Waals surface area contributed by atoms with Crippen LogP contribution >= 0.6 is 0 Å². The first-order chi connectivity index (χ1) is 19.4. The molecule has 0 aliphatic carbocycles. The van der Waals surface area contributed by atoms with E-state index in [1.807, 2.05) is 36.4 Å². The number of benzene rings is 2. The van der Waals surface area contributed by atoms with Crippen molar-refractivity contribution < 1.29 is 44.2 Å². The second-order valence-corrected chi connectivity index (χ2v) is 11.2. The Labute approximate surface area is 240 Å². The lowest BCUT2D eigenvalue weighted by atomic mass is 9.90. The summed E-state index contributed by atoms with van der Waals surface area (Å²) in [6, 6.07) is 18.2. The fraction of sp³-hybridized carbons (Fsp3) is 0.533. The first-order valence-electron chi connectivity index (χ1n) is 13.7. The molecule has 1 saturated heterocycles. The lowest BCUT2D eigenvalue weighted by molar-refractivity contribution is -0.215. The van der Waals surface area contributed by atoms with E-state index in [0.717, 1.165) is 5.56 Å². The third-order valence-electron chi connectivity index (χ3n) is 6.67. The van der Waals surface area contributed by atoms with Gasteiger partial charge in [0.25, 0.3) is 5.91 Å². The predicted octanol–water partition coefficient (Wildman–Crippen LogP) is 1.31. The van der Waals surface area contributed by atoms with Crippen LogP contribution in [0.3, 0.4) is 0 Å². The maximum absolute atomic E-state index is 13.2. The summed E-state index contributed by atoms with van der Waals surface area (Å²) in [4.78, 5) is 28.3. The summed E-state index contributed by atoms with van der Waals surface area (Å²) in [6.07, 6.45) is -5.97. The maximum Gasteiger partial charge on any atom is 0.410 e. The number of nitrogens with zero attached hydrogens (tertiary/aromatic N) is 2. The van der Waals surface area contributed by atoms with Crippen molar-refractivity contribution in [1.29, 1.82) is 0 Å². The topological polar surface area (TPSA) is 149 Å². The fourth-order valence-electron chi connectivity index (χ4n) is 4.40. The normalized spacial score (nSPS) is 17.8. The van der Waals surface area contributed by atoms with Crippen LogP contribution in [-0.2, 0) is 32.2 Å². The van der Waals surface area contributed by atoms with Gasteiger partial charge in [0.2, 0.25) is 0 Å². The highest BCUT2D eigenvalue weighted by molar-refractivity contribution is 5.81. The Hall–Kier alpha value is -3.06. The van der Waals surface area contributed by atoms with Crippen molar-refractivity contribution in [3.63, 3.8) is 0 Å². The second-order valence-electron chi connectivity index (χ2n) is 11.2. The molecule has 11 heteroatoms. The van der Waals surface area contributed by atoms with E-state index >= 15 is 0 Å². The standard InChI is InChI=1S/C30H42N2O9/c1-29(2,3)41-28(37)32-16-14-31(15-17-32)27(36)25(35)24(34)26(40-19-23-12-8-5-9-13-23)30(38,20-33)21-39-18-22-10-6-4-7-11-22/h4-13,24-26,33-35,38H,14-21H2,1-3H3/t24-,25-,26+,30+/m1/s1. The average Bonchev–Trinajstić information content (AvgIpc) is 2.96. The van der Waals surface area contributed by atoms with Crippen molar-refractivity contribution in [3.05, 3.63) is 71.8 Å². The molecule has 226 valence electrons. The van der Waals surface area contributed by atoms with Crippen molar-refractivity contribution in [2.24, 2.45) is 0 Å². The smallest absolute Gasteiger partial charge is 0.410 e. The molecule has 4 N–H and O–H groups in total. The molecule has 4 atom stereocenters. The van der Waals surface area contributed by atoms with Gasteiger partial charge in [-0.05, 0) is 31.9 Å². The van der Waals surface area contributed by atoms with Crippen molar-refractivity contribution in [1.82, 2.24) is 9.80 Å². The number of carbonyl (C=O) groups excluding carboxylic acids is 2. The number of aliphatic hydroxyl groups is 4. The molecule has 41 heavy (non-hydrogen) atoms. The number of rotatable bonds is 12. The van der Waals surface area contributed by atoms with Crippen LogP contribution in [0.25, 0.3) is 0 Å². The summed E-state index contributed by atoms with van der Waals surface area (Å²) >= 11 is 0. The molecule has 0 radical (unpaired) electrons. The van der Waals surface area contributed by atoms with Crippen molar-refractivity contribution >= 4 is 12.0 Å². The van der Waals surface area contributed by atoms with Crippen LogP contribution in [0.2, 0.25) is 0 Å². The third kappa shape index (κ3) is 9.49. The number of carbonyl (C=O) groups is 2. The van der Waals surface area contributed by atoms with Crippen LogP contribution < -0.4 is 0 Å². The predicted molar refractivity (Wildman–Crippen MR) is 150 cm³/mol. The number of hydrogen-bond donors (Lipinski definition) is 4. The van der Waals surface area contributed by atoms with E-state index in [-0.39, 0.29) is 39.4 Å². The highest BCUT2D eigenvalue weighted by Crippen LogP contribution is 2.24. The number of aliphatic hydroxyl groups excluding tert-OH is 3. The minimum atomic E-state index is -2.15. The van der Waals surface area contributed by atoms with Gasteiger partial charge < -0.3 is 44.4 Å². The summed E-state index contributed by atoms with van der Waals surface area (Å²) in [5.74, 6) is -0.792. The largest absolute Gasteiger partial charge is 0.444 e. The Bertz CT molecular complexity index is 1090. The SMILES string of the molecule is CC(C)(C)OC(=O)N1CCN(C(=O)[C@H](O)[C@@H](O)[C@H](OCc2ccccc2)[C@](O)(CO)COCc2ccccc2)CC1. The second kappa shape index (κ2) is 14.7. The lowest BCUT2D eigenvalue weighted by Crippen LogP contribution is -2.62. The molecule has 11 nitrogen and oxygen atoms in total. The van der Waals surface area contributed by atoms with E-state index in [4.69, 9.17) is 14.2 Å². The molecule has 0 bridgehead atoms. The van der Waals surface area contributed by atoms with Gasteiger partial charge in [0.1, 0.15) is 23.4 Å². The molecule has 2 aromatic rings. The Kier molecular flexibility index (Phi) is 11.6. The lowest BCUT2D eigenvalue weighted by Gasteiger charge is -2.40. The Balaban J connectivity index is 1.69. The summed E-state index contributed by atoms with van der Waals surface area (Å²) < 4.78 is 16.9. The monoisotopic (exact) mass is 574 g/mol. The van der Waals surface area contributed by atoms with Gasteiger partial charge in [-0.15, -0.1) is 0 Å². The molecule has 2 aromatic carbocycles. The fourth-order valence-corrected chi connectivity index (χ4v) is 4.40. The van der Waals surface area contributed by atoms with Gasteiger partial charge in [0, 0.05) is 26.2 Å². The molecule has 1 heterocycles. The van der Waals surface area contributed by atoms with Gasteiger partial charge in [-0.25, -0.2) is 4.79 Å². The zero-order chi connectivity index (χ0) is 30.0. The van der Waals surface area contributed by atoms with Gasteiger partial charge in [0.15, 0.2) is 6.10 Å². The van der Waals surface area contributed by atoms with Gasteiger partial charge in [-0.3, -0.25) is 4.79 Å². The van der Waals surface area contributed by atoms with Crippen molar-refractivity contribution in [2.45, 2.75) is 63.5 Å². The molecule has 0 unspecified atom stereocenters. The first kappa shape index (κ1) is 32.5. The molecule has 2 amide bonds. The summed E-state index contributed by atoms with van der Waals surface area (Å²) in [7, 11) is 0. The molecule has 3 rings (SSSR count). The van der Waals surface area contributed by atoms with E-state index in [1.54, 1.807) is 45.0 Å². The van der Waals surface area contributed by atoms with Crippen LogP contribution in [0.4, 0.5) is 4.79 Å². The van der Waals surface area contributed by atoms with Crippen LogP contribution in [0.15, 0.2) is 60.7 Å². The molecule has 1 fully saturated rings. The van der Waals surface area contributed by atoms with E-state index in [9.17, 15) is 30.0 Å². The third-order valence-corrected chi connectivity index (χ3v) is 6.67. The average molecular weight is 575 g/mol. The van der Waals surface area contributed by atoms with E-state index in [0.29, 0.717) is 5.56 Å².